The maximum absolute atomic E-state index is 12.6. The molecule has 1 saturated heterocycles. The van der Waals surface area contributed by atoms with Crippen LogP contribution in [-0.2, 0) is 10.5 Å². The number of aromatic nitrogens is 1. The maximum atomic E-state index is 12.6. The Balaban J connectivity index is 1.47. The minimum atomic E-state index is 0.00420. The average molecular weight is 392 g/mol. The van der Waals surface area contributed by atoms with E-state index in [0.717, 1.165) is 66.2 Å². The van der Waals surface area contributed by atoms with Gasteiger partial charge in [0.05, 0.1) is 29.5 Å². The third kappa shape index (κ3) is 5.81. The predicted octanol–water partition coefficient (Wildman–Crippen LogP) is 3.20. The number of thiazole rings is 1. The Bertz CT molecular complexity index is 714. The summed E-state index contributed by atoms with van der Waals surface area (Å²) in [5.74, 6) is 0.788. The molecule has 1 aromatic heterocycles. The quantitative estimate of drug-likeness (QED) is 0.553. The minimum Gasteiger partial charge on any atom is -0.379 e. The van der Waals surface area contributed by atoms with Crippen molar-refractivity contribution in [3.8, 4) is 0 Å². The van der Waals surface area contributed by atoms with Crippen molar-refractivity contribution in [1.29, 1.82) is 0 Å². The highest BCUT2D eigenvalue weighted by Gasteiger charge is 2.13. The number of carbonyl (C=O) groups is 1. The average Bonchev–Trinajstić information content (AvgIpc) is 3.10. The summed E-state index contributed by atoms with van der Waals surface area (Å²) in [6, 6.07) is 7.79. The highest BCUT2D eigenvalue weighted by molar-refractivity contribution is 7.98. The van der Waals surface area contributed by atoms with E-state index in [1.54, 1.807) is 23.1 Å². The lowest BCUT2D eigenvalue weighted by molar-refractivity contribution is 0.0374. The minimum absolute atomic E-state index is 0.00420. The van der Waals surface area contributed by atoms with Crippen molar-refractivity contribution in [2.45, 2.75) is 24.0 Å². The number of aryl methyl sites for hydroxylation is 1. The van der Waals surface area contributed by atoms with Crippen LogP contribution in [-0.4, -0.2) is 55.2 Å². The van der Waals surface area contributed by atoms with Gasteiger partial charge in [-0.1, -0.05) is 12.1 Å². The van der Waals surface area contributed by atoms with Crippen molar-refractivity contribution in [2.75, 3.05) is 39.4 Å². The molecule has 0 unspecified atom stereocenters. The summed E-state index contributed by atoms with van der Waals surface area (Å²) in [6.45, 7) is 7.32. The molecule has 0 radical (unpaired) electrons. The number of hydrogen-bond donors (Lipinski definition) is 1. The molecule has 1 aliphatic heterocycles. The van der Waals surface area contributed by atoms with E-state index in [2.05, 4.69) is 20.6 Å². The molecule has 0 aliphatic carbocycles. The van der Waals surface area contributed by atoms with Crippen molar-refractivity contribution in [2.24, 2.45) is 0 Å². The summed E-state index contributed by atoms with van der Waals surface area (Å²) in [7, 11) is 0. The molecule has 1 aliphatic rings. The SMILES string of the molecule is Cc1nc(CSc2ccccc2C(=O)NCCCN2CCOCC2)cs1. The van der Waals surface area contributed by atoms with E-state index in [1.807, 2.05) is 31.2 Å². The van der Waals surface area contributed by atoms with Gasteiger partial charge in [-0.2, -0.15) is 0 Å². The van der Waals surface area contributed by atoms with Crippen LogP contribution in [0.1, 0.15) is 27.5 Å². The Labute approximate surface area is 163 Å². The number of thioether (sulfide) groups is 1. The summed E-state index contributed by atoms with van der Waals surface area (Å²) >= 11 is 3.32. The number of ether oxygens (including phenoxy) is 1. The van der Waals surface area contributed by atoms with Crippen molar-refractivity contribution in [3.63, 3.8) is 0 Å². The molecule has 1 amide bonds. The Hall–Kier alpha value is -1.41. The number of amides is 1. The van der Waals surface area contributed by atoms with Gasteiger partial charge in [0.2, 0.25) is 0 Å². The topological polar surface area (TPSA) is 54.5 Å². The van der Waals surface area contributed by atoms with E-state index >= 15 is 0 Å². The van der Waals surface area contributed by atoms with Crippen LogP contribution in [0, 0.1) is 6.92 Å². The number of rotatable bonds is 8. The van der Waals surface area contributed by atoms with Gasteiger partial charge >= 0.3 is 0 Å². The third-order valence-electron chi connectivity index (χ3n) is 4.21. The summed E-state index contributed by atoms with van der Waals surface area (Å²) in [4.78, 5) is 20.4. The Kier molecular flexibility index (Phi) is 7.49. The van der Waals surface area contributed by atoms with Crippen LogP contribution >= 0.6 is 23.1 Å². The summed E-state index contributed by atoms with van der Waals surface area (Å²) in [6.07, 6.45) is 0.957. The van der Waals surface area contributed by atoms with E-state index in [-0.39, 0.29) is 5.91 Å². The third-order valence-corrected chi connectivity index (χ3v) is 6.14. The van der Waals surface area contributed by atoms with Crippen LogP contribution in [0.3, 0.4) is 0 Å². The second kappa shape index (κ2) is 10.1. The van der Waals surface area contributed by atoms with Crippen LogP contribution in [0.4, 0.5) is 0 Å². The number of hydrogen-bond acceptors (Lipinski definition) is 6. The molecule has 3 rings (SSSR count). The fraction of sp³-hybridized carbons (Fsp3) is 0.474. The summed E-state index contributed by atoms with van der Waals surface area (Å²) in [5.41, 5.74) is 1.81. The van der Waals surface area contributed by atoms with Gasteiger partial charge in [0.15, 0.2) is 0 Å². The molecule has 0 bridgehead atoms. The predicted molar refractivity (Wildman–Crippen MR) is 107 cm³/mol. The monoisotopic (exact) mass is 391 g/mol. The van der Waals surface area contributed by atoms with E-state index in [9.17, 15) is 4.79 Å². The molecular weight excluding hydrogens is 366 g/mol. The van der Waals surface area contributed by atoms with E-state index < -0.39 is 0 Å². The lowest BCUT2D eigenvalue weighted by atomic mass is 10.2. The number of morpholine rings is 1. The van der Waals surface area contributed by atoms with Crippen LogP contribution < -0.4 is 5.32 Å². The van der Waals surface area contributed by atoms with Gasteiger partial charge in [0, 0.05) is 35.7 Å². The van der Waals surface area contributed by atoms with Crippen LogP contribution in [0.15, 0.2) is 34.5 Å². The molecule has 140 valence electrons. The zero-order valence-electron chi connectivity index (χ0n) is 15.1. The molecule has 7 heteroatoms. The lowest BCUT2D eigenvalue weighted by Crippen LogP contribution is -2.38. The van der Waals surface area contributed by atoms with Crippen molar-refractivity contribution >= 4 is 29.0 Å². The highest BCUT2D eigenvalue weighted by Crippen LogP contribution is 2.26. The molecule has 26 heavy (non-hydrogen) atoms. The van der Waals surface area contributed by atoms with Gasteiger partial charge in [0.1, 0.15) is 0 Å². The fourth-order valence-corrected chi connectivity index (χ4v) is 4.49. The largest absolute Gasteiger partial charge is 0.379 e. The van der Waals surface area contributed by atoms with Crippen LogP contribution in [0.2, 0.25) is 0 Å². The van der Waals surface area contributed by atoms with E-state index in [4.69, 9.17) is 4.74 Å². The van der Waals surface area contributed by atoms with Gasteiger partial charge in [-0.3, -0.25) is 9.69 Å². The molecule has 5 nitrogen and oxygen atoms in total. The maximum Gasteiger partial charge on any atom is 0.252 e. The van der Waals surface area contributed by atoms with Crippen molar-refractivity contribution in [3.05, 3.63) is 45.9 Å². The molecule has 0 saturated carbocycles. The Morgan fingerprint density at radius 3 is 2.92 bits per heavy atom. The van der Waals surface area contributed by atoms with Gasteiger partial charge in [-0.05, 0) is 32.0 Å². The summed E-state index contributed by atoms with van der Waals surface area (Å²) in [5, 5.41) is 6.21. The second-order valence-corrected chi connectivity index (χ2v) is 8.29. The molecule has 1 aromatic carbocycles. The molecule has 0 spiro atoms. The number of nitrogens with one attached hydrogen (secondary N) is 1. The first-order valence-electron chi connectivity index (χ1n) is 8.93. The van der Waals surface area contributed by atoms with Gasteiger partial charge in [0.25, 0.3) is 5.91 Å². The highest BCUT2D eigenvalue weighted by atomic mass is 32.2. The standard InChI is InChI=1S/C19H25N3O2S2/c1-15-21-16(13-25-15)14-26-18-6-3-2-5-17(18)19(23)20-7-4-8-22-9-11-24-12-10-22/h2-3,5-6,13H,4,7-12,14H2,1H3,(H,20,23). The first kappa shape index (κ1) is 19.4. The van der Waals surface area contributed by atoms with Crippen molar-refractivity contribution < 1.29 is 9.53 Å². The van der Waals surface area contributed by atoms with Gasteiger partial charge in [-0.15, -0.1) is 23.1 Å². The van der Waals surface area contributed by atoms with Crippen molar-refractivity contribution in [1.82, 2.24) is 15.2 Å². The summed E-state index contributed by atoms with van der Waals surface area (Å²) < 4.78 is 5.35. The van der Waals surface area contributed by atoms with E-state index in [1.165, 1.54) is 0 Å². The van der Waals surface area contributed by atoms with E-state index in [0.29, 0.717) is 6.54 Å². The smallest absolute Gasteiger partial charge is 0.252 e. The first-order valence-corrected chi connectivity index (χ1v) is 10.8. The second-order valence-electron chi connectivity index (χ2n) is 6.21. The number of carbonyl (C=O) groups excluding carboxylic acids is 1. The zero-order valence-corrected chi connectivity index (χ0v) is 16.7. The molecule has 2 aromatic rings. The number of nitrogens with zero attached hydrogens (tertiary/aromatic N) is 2. The Morgan fingerprint density at radius 1 is 1.35 bits per heavy atom. The van der Waals surface area contributed by atoms with Gasteiger partial charge < -0.3 is 10.1 Å². The van der Waals surface area contributed by atoms with Gasteiger partial charge in [-0.25, -0.2) is 4.98 Å². The van der Waals surface area contributed by atoms with Crippen LogP contribution in [0.5, 0.6) is 0 Å². The first-order chi connectivity index (χ1) is 12.7. The molecular formula is C19H25N3O2S2. The molecule has 2 heterocycles. The number of benzene rings is 1. The lowest BCUT2D eigenvalue weighted by Gasteiger charge is -2.26. The normalized spacial score (nSPS) is 15.1. The fourth-order valence-electron chi connectivity index (χ4n) is 2.83. The van der Waals surface area contributed by atoms with Crippen LogP contribution in [0.25, 0.3) is 0 Å². The molecule has 1 fully saturated rings. The zero-order chi connectivity index (χ0) is 18.2. The molecule has 1 N–H and O–H groups in total. The Morgan fingerprint density at radius 2 is 2.15 bits per heavy atom. The molecule has 0 atom stereocenters.